The summed E-state index contributed by atoms with van der Waals surface area (Å²) in [4.78, 5) is 0. The van der Waals surface area contributed by atoms with Crippen LogP contribution in [0.15, 0.2) is 12.1 Å². The third kappa shape index (κ3) is 2.70. The number of anilines is 1. The first-order chi connectivity index (χ1) is 9.58. The second-order valence-corrected chi connectivity index (χ2v) is 6.30. The first kappa shape index (κ1) is 13.9. The highest BCUT2D eigenvalue weighted by Crippen LogP contribution is 2.37. The normalized spacial score (nSPS) is 22.4. The largest absolute Gasteiger partial charge is 0.382 e. The Morgan fingerprint density at radius 1 is 1.00 bits per heavy atom. The molecule has 0 radical (unpaired) electrons. The third-order valence-corrected chi connectivity index (χ3v) is 4.59. The van der Waals surface area contributed by atoms with Gasteiger partial charge in [-0.05, 0) is 44.7 Å². The maximum Gasteiger partial charge on any atom is 0.168 e. The lowest BCUT2D eigenvalue weighted by Gasteiger charge is -2.36. The zero-order valence-corrected chi connectivity index (χ0v) is 12.8. The van der Waals surface area contributed by atoms with E-state index in [4.69, 9.17) is 9.47 Å². The van der Waals surface area contributed by atoms with Crippen LogP contribution in [-0.2, 0) is 9.47 Å². The molecule has 1 aromatic carbocycles. The molecule has 1 aliphatic carbocycles. The summed E-state index contributed by atoms with van der Waals surface area (Å²) in [5.41, 5.74) is 5.33. The number of aryl methyl sites for hydroxylation is 3. The molecule has 0 atom stereocenters. The molecule has 1 N–H and O–H groups in total. The molecule has 2 aliphatic rings. The second-order valence-electron chi connectivity index (χ2n) is 6.30. The van der Waals surface area contributed by atoms with Crippen molar-refractivity contribution in [3.05, 3.63) is 28.8 Å². The molecule has 110 valence electrons. The Balaban J connectivity index is 1.65. The Kier molecular flexibility index (Phi) is 3.74. The van der Waals surface area contributed by atoms with E-state index in [1.54, 1.807) is 0 Å². The van der Waals surface area contributed by atoms with Crippen molar-refractivity contribution >= 4 is 5.69 Å². The Bertz CT molecular complexity index is 459. The van der Waals surface area contributed by atoms with Crippen LogP contribution >= 0.6 is 0 Å². The van der Waals surface area contributed by atoms with E-state index in [2.05, 4.69) is 38.2 Å². The van der Waals surface area contributed by atoms with Gasteiger partial charge in [0.15, 0.2) is 5.79 Å². The van der Waals surface area contributed by atoms with Gasteiger partial charge in [0, 0.05) is 24.6 Å². The molecule has 3 heteroatoms. The molecule has 1 spiro atoms. The highest BCUT2D eigenvalue weighted by atomic mass is 16.7. The van der Waals surface area contributed by atoms with E-state index in [0.29, 0.717) is 6.04 Å². The van der Waals surface area contributed by atoms with Gasteiger partial charge < -0.3 is 14.8 Å². The van der Waals surface area contributed by atoms with E-state index in [1.807, 2.05) is 0 Å². The quantitative estimate of drug-likeness (QED) is 0.892. The molecular weight excluding hydrogens is 250 g/mol. The van der Waals surface area contributed by atoms with Gasteiger partial charge >= 0.3 is 0 Å². The van der Waals surface area contributed by atoms with Crippen LogP contribution in [0.25, 0.3) is 0 Å². The fourth-order valence-corrected chi connectivity index (χ4v) is 3.60. The van der Waals surface area contributed by atoms with Crippen LogP contribution in [0.1, 0.15) is 42.4 Å². The van der Waals surface area contributed by atoms with Crippen molar-refractivity contribution in [2.75, 3.05) is 18.5 Å². The van der Waals surface area contributed by atoms with E-state index in [1.165, 1.54) is 22.4 Å². The number of nitrogens with one attached hydrogen (secondary N) is 1. The molecule has 1 heterocycles. The van der Waals surface area contributed by atoms with Crippen LogP contribution in [0.5, 0.6) is 0 Å². The molecule has 3 rings (SSSR count). The van der Waals surface area contributed by atoms with Crippen LogP contribution < -0.4 is 5.32 Å². The van der Waals surface area contributed by atoms with Gasteiger partial charge in [-0.3, -0.25) is 0 Å². The number of hydrogen-bond acceptors (Lipinski definition) is 3. The van der Waals surface area contributed by atoms with Gasteiger partial charge in [-0.25, -0.2) is 0 Å². The topological polar surface area (TPSA) is 30.5 Å². The smallest absolute Gasteiger partial charge is 0.168 e. The summed E-state index contributed by atoms with van der Waals surface area (Å²) in [6.07, 6.45) is 4.25. The van der Waals surface area contributed by atoms with Crippen molar-refractivity contribution in [3.8, 4) is 0 Å². The molecule has 1 saturated heterocycles. The van der Waals surface area contributed by atoms with Crippen molar-refractivity contribution in [3.63, 3.8) is 0 Å². The molecule has 3 nitrogen and oxygen atoms in total. The zero-order valence-electron chi connectivity index (χ0n) is 12.8. The molecule has 1 aliphatic heterocycles. The Morgan fingerprint density at radius 2 is 1.55 bits per heavy atom. The van der Waals surface area contributed by atoms with Crippen LogP contribution in [0.3, 0.4) is 0 Å². The molecule has 1 saturated carbocycles. The lowest BCUT2D eigenvalue weighted by atomic mass is 9.89. The number of hydrogen-bond donors (Lipinski definition) is 1. The second kappa shape index (κ2) is 5.38. The fourth-order valence-electron chi connectivity index (χ4n) is 3.60. The lowest BCUT2D eigenvalue weighted by molar-refractivity contribution is -0.177. The monoisotopic (exact) mass is 275 g/mol. The van der Waals surface area contributed by atoms with Crippen molar-refractivity contribution < 1.29 is 9.47 Å². The highest BCUT2D eigenvalue weighted by Gasteiger charge is 2.40. The SMILES string of the molecule is Cc1cc(C)c(NC2CCC3(CC2)OCCO3)c(C)c1. The zero-order chi connectivity index (χ0) is 14.2. The summed E-state index contributed by atoms with van der Waals surface area (Å²) < 4.78 is 11.6. The Morgan fingerprint density at radius 3 is 2.10 bits per heavy atom. The van der Waals surface area contributed by atoms with Gasteiger partial charge in [-0.2, -0.15) is 0 Å². The number of benzene rings is 1. The average molecular weight is 275 g/mol. The summed E-state index contributed by atoms with van der Waals surface area (Å²) >= 11 is 0. The first-order valence-electron chi connectivity index (χ1n) is 7.70. The van der Waals surface area contributed by atoms with Gasteiger partial charge in [-0.15, -0.1) is 0 Å². The van der Waals surface area contributed by atoms with Crippen molar-refractivity contribution in [1.82, 2.24) is 0 Å². The minimum atomic E-state index is -0.254. The van der Waals surface area contributed by atoms with E-state index < -0.39 is 0 Å². The van der Waals surface area contributed by atoms with Crippen molar-refractivity contribution in [1.29, 1.82) is 0 Å². The summed E-state index contributed by atoms with van der Waals surface area (Å²) in [6.45, 7) is 8.05. The van der Waals surface area contributed by atoms with Crippen molar-refractivity contribution in [2.24, 2.45) is 0 Å². The minimum absolute atomic E-state index is 0.254. The van der Waals surface area contributed by atoms with Gasteiger partial charge in [0.2, 0.25) is 0 Å². The predicted octanol–water partition coefficient (Wildman–Crippen LogP) is 3.71. The molecular formula is C17H25NO2. The predicted molar refractivity (Wildman–Crippen MR) is 81.2 cm³/mol. The van der Waals surface area contributed by atoms with Gasteiger partial charge in [-0.1, -0.05) is 17.7 Å². The molecule has 0 unspecified atom stereocenters. The van der Waals surface area contributed by atoms with E-state index in [-0.39, 0.29) is 5.79 Å². The Hall–Kier alpha value is -1.06. The average Bonchev–Trinajstić information content (AvgIpc) is 2.85. The number of ether oxygens (including phenoxy) is 2. The van der Waals surface area contributed by atoms with Crippen LogP contribution in [0.4, 0.5) is 5.69 Å². The summed E-state index contributed by atoms with van der Waals surface area (Å²) in [5, 5.41) is 3.74. The molecule has 0 amide bonds. The fraction of sp³-hybridized carbons (Fsp3) is 0.647. The van der Waals surface area contributed by atoms with Crippen LogP contribution in [0.2, 0.25) is 0 Å². The van der Waals surface area contributed by atoms with Gasteiger partial charge in [0.05, 0.1) is 13.2 Å². The summed E-state index contributed by atoms with van der Waals surface area (Å²) in [7, 11) is 0. The van der Waals surface area contributed by atoms with Crippen LogP contribution in [0, 0.1) is 20.8 Å². The Labute approximate surface area is 121 Å². The van der Waals surface area contributed by atoms with Crippen LogP contribution in [-0.4, -0.2) is 25.0 Å². The van der Waals surface area contributed by atoms with E-state index >= 15 is 0 Å². The molecule has 1 aromatic rings. The van der Waals surface area contributed by atoms with E-state index in [9.17, 15) is 0 Å². The first-order valence-corrected chi connectivity index (χ1v) is 7.70. The van der Waals surface area contributed by atoms with Crippen molar-refractivity contribution in [2.45, 2.75) is 58.3 Å². The minimum Gasteiger partial charge on any atom is -0.382 e. The summed E-state index contributed by atoms with van der Waals surface area (Å²) in [5.74, 6) is -0.254. The summed E-state index contributed by atoms with van der Waals surface area (Å²) in [6, 6.07) is 5.04. The standard InChI is InChI=1S/C17H25NO2/c1-12-10-13(2)16(14(3)11-12)18-15-4-6-17(7-5-15)19-8-9-20-17/h10-11,15,18H,4-9H2,1-3H3. The maximum absolute atomic E-state index is 5.79. The molecule has 0 bridgehead atoms. The van der Waals surface area contributed by atoms with Gasteiger partial charge in [0.25, 0.3) is 0 Å². The highest BCUT2D eigenvalue weighted by molar-refractivity contribution is 5.58. The number of rotatable bonds is 2. The van der Waals surface area contributed by atoms with E-state index in [0.717, 1.165) is 38.9 Å². The molecule has 2 fully saturated rings. The van der Waals surface area contributed by atoms with Gasteiger partial charge in [0.1, 0.15) is 0 Å². The third-order valence-electron chi connectivity index (χ3n) is 4.59. The molecule has 20 heavy (non-hydrogen) atoms. The maximum atomic E-state index is 5.79. The molecule has 0 aromatic heterocycles. The lowest BCUT2D eigenvalue weighted by Crippen LogP contribution is -2.39.